The fourth-order valence-corrected chi connectivity index (χ4v) is 2.42. The molecule has 1 aromatic heterocycles. The van der Waals surface area contributed by atoms with Gasteiger partial charge in [-0.25, -0.2) is 0 Å². The van der Waals surface area contributed by atoms with Crippen molar-refractivity contribution in [3.8, 4) is 0 Å². The molecule has 0 aliphatic carbocycles. The number of pyridine rings is 1. The first-order chi connectivity index (χ1) is 8.35. The van der Waals surface area contributed by atoms with Gasteiger partial charge in [-0.15, -0.1) is 0 Å². The number of aromatic nitrogens is 1. The number of aliphatic hydroxyl groups excluding tert-OH is 1. The molecular weight excluding hydrogens is 214 g/mol. The average Bonchev–Trinajstić information content (AvgIpc) is 2.39. The maximum Gasteiger partial charge on any atom is 0.0635 e. The first-order valence-electron chi connectivity index (χ1n) is 6.41. The Balaban J connectivity index is 2.16. The molecule has 0 saturated carbocycles. The van der Waals surface area contributed by atoms with Crippen LogP contribution in [0, 0.1) is 0 Å². The molecular formula is C13H21N3O. The first-order valence-corrected chi connectivity index (χ1v) is 6.41. The Kier molecular flexibility index (Phi) is 4.20. The quantitative estimate of drug-likeness (QED) is 0.836. The van der Waals surface area contributed by atoms with Gasteiger partial charge < -0.3 is 15.3 Å². The molecule has 2 rings (SSSR count). The second-order valence-electron chi connectivity index (χ2n) is 4.49. The van der Waals surface area contributed by atoms with Gasteiger partial charge in [0.15, 0.2) is 0 Å². The first kappa shape index (κ1) is 12.2. The van der Waals surface area contributed by atoms with E-state index in [1.54, 1.807) is 0 Å². The summed E-state index contributed by atoms with van der Waals surface area (Å²) in [6, 6.07) is 2.37. The highest BCUT2D eigenvalue weighted by Crippen LogP contribution is 2.25. The Morgan fingerprint density at radius 1 is 1.47 bits per heavy atom. The molecule has 1 aliphatic heterocycles. The van der Waals surface area contributed by atoms with Crippen molar-refractivity contribution in [2.75, 3.05) is 29.9 Å². The molecule has 4 heteroatoms. The summed E-state index contributed by atoms with van der Waals surface area (Å²) in [5, 5.41) is 12.7. The van der Waals surface area contributed by atoms with Crippen LogP contribution in [0.25, 0.3) is 0 Å². The van der Waals surface area contributed by atoms with E-state index in [1.165, 1.54) is 12.8 Å². The van der Waals surface area contributed by atoms with E-state index in [2.05, 4.69) is 28.2 Å². The Labute approximate surface area is 103 Å². The van der Waals surface area contributed by atoms with E-state index in [-0.39, 0.29) is 12.6 Å². The molecule has 2 N–H and O–H groups in total. The third kappa shape index (κ3) is 2.88. The summed E-state index contributed by atoms with van der Waals surface area (Å²) in [5.74, 6) is 0. The van der Waals surface area contributed by atoms with E-state index in [4.69, 9.17) is 0 Å². The van der Waals surface area contributed by atoms with Crippen molar-refractivity contribution < 1.29 is 5.11 Å². The van der Waals surface area contributed by atoms with E-state index in [0.29, 0.717) is 0 Å². The fourth-order valence-electron chi connectivity index (χ4n) is 2.42. The van der Waals surface area contributed by atoms with Crippen LogP contribution in [-0.4, -0.2) is 35.8 Å². The van der Waals surface area contributed by atoms with Gasteiger partial charge in [0.05, 0.1) is 36.4 Å². The summed E-state index contributed by atoms with van der Waals surface area (Å²) in [6.07, 6.45) is 7.20. The second-order valence-corrected chi connectivity index (χ2v) is 4.49. The van der Waals surface area contributed by atoms with Gasteiger partial charge in [-0.1, -0.05) is 0 Å². The predicted octanol–water partition coefficient (Wildman–Crippen LogP) is 1.86. The van der Waals surface area contributed by atoms with Crippen LogP contribution in [0.1, 0.15) is 26.2 Å². The van der Waals surface area contributed by atoms with Gasteiger partial charge in [-0.05, 0) is 32.3 Å². The molecule has 1 aliphatic rings. The van der Waals surface area contributed by atoms with Crippen molar-refractivity contribution in [2.45, 2.75) is 32.2 Å². The minimum atomic E-state index is 0.228. The zero-order valence-electron chi connectivity index (χ0n) is 10.4. The lowest BCUT2D eigenvalue weighted by Gasteiger charge is -2.36. The van der Waals surface area contributed by atoms with Gasteiger partial charge in [-0.2, -0.15) is 0 Å². The summed E-state index contributed by atoms with van der Waals surface area (Å²) in [7, 11) is 0. The topological polar surface area (TPSA) is 48.4 Å². The zero-order chi connectivity index (χ0) is 12.1. The lowest BCUT2D eigenvalue weighted by Crippen LogP contribution is -2.41. The molecule has 0 amide bonds. The third-order valence-corrected chi connectivity index (χ3v) is 3.27. The van der Waals surface area contributed by atoms with Crippen LogP contribution in [0.15, 0.2) is 18.5 Å². The standard InChI is InChI=1S/C13H21N3O/c1-2-15-11-7-13(9-14-8-11)16-6-4-3-5-12(16)10-17/h7-9,12,15,17H,2-6,10H2,1H3. The van der Waals surface area contributed by atoms with Crippen molar-refractivity contribution in [1.29, 1.82) is 0 Å². The van der Waals surface area contributed by atoms with Gasteiger partial charge in [0.1, 0.15) is 0 Å². The molecule has 1 atom stereocenters. The average molecular weight is 235 g/mol. The zero-order valence-corrected chi connectivity index (χ0v) is 10.4. The van der Waals surface area contributed by atoms with Gasteiger partial charge in [0.25, 0.3) is 0 Å². The minimum absolute atomic E-state index is 0.228. The van der Waals surface area contributed by atoms with Crippen molar-refractivity contribution in [3.05, 3.63) is 18.5 Å². The molecule has 94 valence electrons. The van der Waals surface area contributed by atoms with Crippen molar-refractivity contribution in [1.82, 2.24) is 4.98 Å². The number of aliphatic hydroxyl groups is 1. The molecule has 1 aromatic rings. The van der Waals surface area contributed by atoms with E-state index in [1.807, 2.05) is 12.4 Å². The van der Waals surface area contributed by atoms with E-state index >= 15 is 0 Å². The number of nitrogens with one attached hydrogen (secondary N) is 1. The summed E-state index contributed by atoms with van der Waals surface area (Å²) in [4.78, 5) is 6.54. The summed E-state index contributed by atoms with van der Waals surface area (Å²) >= 11 is 0. The number of anilines is 2. The van der Waals surface area contributed by atoms with Gasteiger partial charge >= 0.3 is 0 Å². The predicted molar refractivity (Wildman–Crippen MR) is 70.5 cm³/mol. The molecule has 4 nitrogen and oxygen atoms in total. The number of piperidine rings is 1. The van der Waals surface area contributed by atoms with Gasteiger partial charge in [0.2, 0.25) is 0 Å². The molecule has 0 aromatic carbocycles. The fraction of sp³-hybridized carbons (Fsp3) is 0.615. The normalized spacial score (nSPS) is 20.4. The van der Waals surface area contributed by atoms with Crippen LogP contribution in [0.2, 0.25) is 0 Å². The minimum Gasteiger partial charge on any atom is -0.394 e. The largest absolute Gasteiger partial charge is 0.394 e. The monoisotopic (exact) mass is 235 g/mol. The lowest BCUT2D eigenvalue weighted by molar-refractivity contribution is 0.240. The molecule has 0 radical (unpaired) electrons. The Morgan fingerprint density at radius 3 is 3.12 bits per heavy atom. The van der Waals surface area contributed by atoms with Gasteiger partial charge in [0, 0.05) is 13.1 Å². The highest BCUT2D eigenvalue weighted by atomic mass is 16.3. The van der Waals surface area contributed by atoms with E-state index in [9.17, 15) is 5.11 Å². The molecule has 0 spiro atoms. The molecule has 2 heterocycles. The summed E-state index contributed by atoms with van der Waals surface area (Å²) < 4.78 is 0. The Bertz CT molecular complexity index is 356. The van der Waals surface area contributed by atoms with Crippen molar-refractivity contribution in [3.63, 3.8) is 0 Å². The van der Waals surface area contributed by atoms with Crippen molar-refractivity contribution >= 4 is 11.4 Å². The number of nitrogens with zero attached hydrogens (tertiary/aromatic N) is 2. The maximum absolute atomic E-state index is 9.42. The second kappa shape index (κ2) is 5.87. The molecule has 0 bridgehead atoms. The van der Waals surface area contributed by atoms with Crippen molar-refractivity contribution in [2.24, 2.45) is 0 Å². The number of hydrogen-bond donors (Lipinski definition) is 2. The van der Waals surface area contributed by atoms with Crippen LogP contribution in [0.5, 0.6) is 0 Å². The summed E-state index contributed by atoms with van der Waals surface area (Å²) in [6.45, 7) is 4.21. The Morgan fingerprint density at radius 2 is 2.35 bits per heavy atom. The highest BCUT2D eigenvalue weighted by molar-refractivity contribution is 5.56. The van der Waals surface area contributed by atoms with Crippen LogP contribution in [-0.2, 0) is 0 Å². The lowest BCUT2D eigenvalue weighted by atomic mass is 10.0. The van der Waals surface area contributed by atoms with Crippen LogP contribution in [0.4, 0.5) is 11.4 Å². The number of rotatable bonds is 4. The van der Waals surface area contributed by atoms with E-state index < -0.39 is 0 Å². The molecule has 1 saturated heterocycles. The highest BCUT2D eigenvalue weighted by Gasteiger charge is 2.22. The van der Waals surface area contributed by atoms with Gasteiger partial charge in [-0.3, -0.25) is 4.98 Å². The Hall–Kier alpha value is -1.29. The van der Waals surface area contributed by atoms with E-state index in [0.717, 1.165) is 30.9 Å². The van der Waals surface area contributed by atoms with Crippen LogP contribution >= 0.6 is 0 Å². The molecule has 1 fully saturated rings. The van der Waals surface area contributed by atoms with Crippen LogP contribution in [0.3, 0.4) is 0 Å². The van der Waals surface area contributed by atoms with Crippen LogP contribution < -0.4 is 10.2 Å². The molecule has 17 heavy (non-hydrogen) atoms. The molecule has 1 unspecified atom stereocenters. The smallest absolute Gasteiger partial charge is 0.0635 e. The summed E-state index contributed by atoms with van der Waals surface area (Å²) in [5.41, 5.74) is 2.16. The third-order valence-electron chi connectivity index (χ3n) is 3.27. The maximum atomic E-state index is 9.42. The number of hydrogen-bond acceptors (Lipinski definition) is 4. The SMILES string of the molecule is CCNc1cncc(N2CCCCC2CO)c1.